The second-order valence-corrected chi connectivity index (χ2v) is 9.33. The lowest BCUT2D eigenvalue weighted by molar-refractivity contribution is -0.118. The fourth-order valence-electron chi connectivity index (χ4n) is 4.96. The Balaban J connectivity index is 1.42. The van der Waals surface area contributed by atoms with E-state index in [0.717, 1.165) is 40.7 Å². The van der Waals surface area contributed by atoms with Crippen LogP contribution < -0.4 is 5.32 Å². The zero-order valence-corrected chi connectivity index (χ0v) is 21.0. The molecule has 2 aromatic carbocycles. The molecule has 1 aliphatic rings. The molecule has 1 fully saturated rings. The third-order valence-electron chi connectivity index (χ3n) is 6.89. The standard InChI is InChI=1S/C29H29FN6O/c1-19(28-26(30)18-32-29(34-28)31-13-15-36-16-14-33-35-36)17-21-7-5-10-22(20(21)2)23-8-3-4-9-24(23)25-11-6-12-27(25)37/h3-5,7-10,14,16-18,25H,6,11-13,15H2,1-2H3,(H,31,32,34)/b19-17+. The highest BCUT2D eigenvalue weighted by molar-refractivity contribution is 5.91. The molecule has 1 unspecified atom stereocenters. The molecule has 1 aliphatic carbocycles. The molecule has 4 aromatic rings. The first kappa shape index (κ1) is 24.5. The first-order chi connectivity index (χ1) is 18.0. The van der Waals surface area contributed by atoms with Gasteiger partial charge in [0.2, 0.25) is 5.95 Å². The third-order valence-corrected chi connectivity index (χ3v) is 6.89. The number of Topliss-reactive ketones (excluding diaryl/α,β-unsaturated/α-hetero) is 1. The molecule has 8 heteroatoms. The minimum absolute atomic E-state index is 0.0397. The Morgan fingerprint density at radius 3 is 2.81 bits per heavy atom. The third kappa shape index (κ3) is 5.33. The van der Waals surface area contributed by atoms with E-state index in [9.17, 15) is 9.18 Å². The summed E-state index contributed by atoms with van der Waals surface area (Å²) in [6.07, 6.45) is 9.02. The summed E-state index contributed by atoms with van der Waals surface area (Å²) in [6.45, 7) is 5.03. The maximum absolute atomic E-state index is 14.7. The van der Waals surface area contributed by atoms with Gasteiger partial charge < -0.3 is 5.32 Å². The summed E-state index contributed by atoms with van der Waals surface area (Å²) < 4.78 is 16.4. The van der Waals surface area contributed by atoms with E-state index in [4.69, 9.17) is 0 Å². The molecule has 2 aromatic heterocycles. The number of rotatable bonds is 8. The van der Waals surface area contributed by atoms with Crippen LogP contribution in [0.25, 0.3) is 22.8 Å². The predicted octanol–water partition coefficient (Wildman–Crippen LogP) is 5.69. The number of carbonyl (C=O) groups excluding carboxylic acids is 1. The molecule has 188 valence electrons. The van der Waals surface area contributed by atoms with E-state index in [1.54, 1.807) is 17.1 Å². The lowest BCUT2D eigenvalue weighted by atomic mass is 9.86. The van der Waals surface area contributed by atoms with E-state index >= 15 is 0 Å². The maximum atomic E-state index is 14.7. The summed E-state index contributed by atoms with van der Waals surface area (Å²) in [6, 6.07) is 14.3. The van der Waals surface area contributed by atoms with Crippen LogP contribution in [0.1, 0.15) is 54.5 Å². The van der Waals surface area contributed by atoms with Crippen LogP contribution in [0.15, 0.2) is 61.1 Å². The number of halogens is 1. The van der Waals surface area contributed by atoms with Crippen molar-refractivity contribution in [3.05, 3.63) is 89.3 Å². The van der Waals surface area contributed by atoms with Crippen LogP contribution in [-0.2, 0) is 11.3 Å². The van der Waals surface area contributed by atoms with Gasteiger partial charge in [0.1, 0.15) is 11.5 Å². The van der Waals surface area contributed by atoms with E-state index in [0.29, 0.717) is 36.8 Å². The number of carbonyl (C=O) groups is 1. The predicted molar refractivity (Wildman–Crippen MR) is 142 cm³/mol. The summed E-state index contributed by atoms with van der Waals surface area (Å²) in [5.74, 6) is 0.156. The van der Waals surface area contributed by atoms with Crippen LogP contribution in [0.4, 0.5) is 10.3 Å². The minimum atomic E-state index is -0.477. The fourth-order valence-corrected chi connectivity index (χ4v) is 4.96. The quantitative estimate of drug-likeness (QED) is 0.337. The van der Waals surface area contributed by atoms with Crippen molar-refractivity contribution in [1.29, 1.82) is 0 Å². The molecule has 37 heavy (non-hydrogen) atoms. The van der Waals surface area contributed by atoms with E-state index in [1.807, 2.05) is 37.3 Å². The van der Waals surface area contributed by atoms with Crippen molar-refractivity contribution < 1.29 is 9.18 Å². The minimum Gasteiger partial charge on any atom is -0.352 e. The number of benzene rings is 2. The molecule has 1 saturated carbocycles. The second-order valence-electron chi connectivity index (χ2n) is 9.33. The number of ketones is 1. The Hall–Kier alpha value is -4.20. The van der Waals surface area contributed by atoms with Gasteiger partial charge in [0.25, 0.3) is 0 Å². The highest BCUT2D eigenvalue weighted by Gasteiger charge is 2.28. The van der Waals surface area contributed by atoms with Crippen molar-refractivity contribution in [3.8, 4) is 11.1 Å². The van der Waals surface area contributed by atoms with Gasteiger partial charge in [0.15, 0.2) is 5.82 Å². The average Bonchev–Trinajstić information content (AvgIpc) is 3.58. The van der Waals surface area contributed by atoms with Crippen molar-refractivity contribution >= 4 is 23.4 Å². The lowest BCUT2D eigenvalue weighted by Crippen LogP contribution is -2.13. The van der Waals surface area contributed by atoms with Crippen molar-refractivity contribution in [2.75, 3.05) is 11.9 Å². The molecule has 0 spiro atoms. The topological polar surface area (TPSA) is 85.6 Å². The summed E-state index contributed by atoms with van der Waals surface area (Å²) in [5, 5.41) is 10.8. The van der Waals surface area contributed by atoms with Crippen LogP contribution in [0.5, 0.6) is 0 Å². The van der Waals surface area contributed by atoms with Gasteiger partial charge in [-0.1, -0.05) is 47.7 Å². The molecule has 1 N–H and O–H groups in total. The summed E-state index contributed by atoms with van der Waals surface area (Å²) in [7, 11) is 0. The number of nitrogens with one attached hydrogen (secondary N) is 1. The highest BCUT2D eigenvalue weighted by Crippen LogP contribution is 2.39. The van der Waals surface area contributed by atoms with Crippen LogP contribution >= 0.6 is 0 Å². The molecule has 5 rings (SSSR count). The summed E-state index contributed by atoms with van der Waals surface area (Å²) in [4.78, 5) is 21.0. The van der Waals surface area contributed by atoms with Crippen molar-refractivity contribution in [1.82, 2.24) is 25.0 Å². The lowest BCUT2D eigenvalue weighted by Gasteiger charge is -2.17. The second kappa shape index (κ2) is 10.8. The maximum Gasteiger partial charge on any atom is 0.223 e. The molecule has 0 bridgehead atoms. The SMILES string of the molecule is C/C(=C\c1cccc(-c2ccccc2C2CCCC2=O)c1C)c1nc(NCCn2ccnn2)ncc1F. The molecule has 1 atom stereocenters. The summed E-state index contributed by atoms with van der Waals surface area (Å²) in [5.41, 5.74) is 6.24. The van der Waals surface area contributed by atoms with Crippen LogP contribution in [0, 0.1) is 12.7 Å². The molecule has 7 nitrogen and oxygen atoms in total. The Kier molecular flexibility index (Phi) is 7.16. The van der Waals surface area contributed by atoms with Crippen molar-refractivity contribution in [2.45, 2.75) is 45.6 Å². The zero-order valence-electron chi connectivity index (χ0n) is 21.0. The van der Waals surface area contributed by atoms with Crippen LogP contribution in [0.2, 0.25) is 0 Å². The van der Waals surface area contributed by atoms with E-state index in [-0.39, 0.29) is 11.6 Å². The van der Waals surface area contributed by atoms with Gasteiger partial charge in [-0.25, -0.2) is 14.4 Å². The molecular formula is C29H29FN6O. The normalized spacial score (nSPS) is 15.8. The number of hydrogen-bond donors (Lipinski definition) is 1. The molecule has 0 radical (unpaired) electrons. The Bertz CT molecular complexity index is 1450. The number of hydrogen-bond acceptors (Lipinski definition) is 6. The number of anilines is 1. The summed E-state index contributed by atoms with van der Waals surface area (Å²) >= 11 is 0. The Labute approximate surface area is 215 Å². The molecular weight excluding hydrogens is 467 g/mol. The van der Waals surface area contributed by atoms with Gasteiger partial charge >= 0.3 is 0 Å². The smallest absolute Gasteiger partial charge is 0.223 e. The van der Waals surface area contributed by atoms with Gasteiger partial charge in [-0.3, -0.25) is 9.48 Å². The van der Waals surface area contributed by atoms with E-state index in [1.165, 1.54) is 6.20 Å². The van der Waals surface area contributed by atoms with Crippen molar-refractivity contribution in [2.24, 2.45) is 0 Å². The largest absolute Gasteiger partial charge is 0.352 e. The van der Waals surface area contributed by atoms with Crippen LogP contribution in [-0.4, -0.2) is 37.3 Å². The van der Waals surface area contributed by atoms with E-state index in [2.05, 4.69) is 50.7 Å². The first-order valence-electron chi connectivity index (χ1n) is 12.5. The number of aromatic nitrogens is 5. The first-order valence-corrected chi connectivity index (χ1v) is 12.5. The van der Waals surface area contributed by atoms with Gasteiger partial charge in [0, 0.05) is 25.1 Å². The Morgan fingerprint density at radius 2 is 2.03 bits per heavy atom. The average molecular weight is 497 g/mol. The number of allylic oxidation sites excluding steroid dienone is 1. The fraction of sp³-hybridized carbons (Fsp3) is 0.276. The van der Waals surface area contributed by atoms with Gasteiger partial charge in [-0.2, -0.15) is 0 Å². The highest BCUT2D eigenvalue weighted by atomic mass is 19.1. The van der Waals surface area contributed by atoms with Gasteiger partial charge in [-0.15, -0.1) is 5.10 Å². The van der Waals surface area contributed by atoms with Crippen LogP contribution in [0.3, 0.4) is 0 Å². The Morgan fingerprint density at radius 1 is 1.19 bits per heavy atom. The van der Waals surface area contributed by atoms with Crippen molar-refractivity contribution in [3.63, 3.8) is 0 Å². The van der Waals surface area contributed by atoms with Gasteiger partial charge in [0.05, 0.1) is 18.9 Å². The van der Waals surface area contributed by atoms with Gasteiger partial charge in [-0.05, 0) is 66.2 Å². The number of nitrogens with zero attached hydrogens (tertiary/aromatic N) is 5. The molecule has 2 heterocycles. The van der Waals surface area contributed by atoms with E-state index < -0.39 is 5.82 Å². The molecule has 0 saturated heterocycles. The monoisotopic (exact) mass is 496 g/mol. The molecule has 0 amide bonds. The zero-order chi connectivity index (χ0) is 25.8. The molecule has 0 aliphatic heterocycles.